The molecule has 19 heavy (non-hydrogen) atoms. The molecular formula is C15H12IN3. The van der Waals surface area contributed by atoms with Crippen molar-refractivity contribution in [3.63, 3.8) is 0 Å². The Kier molecular flexibility index (Phi) is 2.42. The molecule has 2 heterocycles. The molecule has 1 aliphatic carbocycles. The van der Waals surface area contributed by atoms with Crippen LogP contribution in [0.15, 0.2) is 30.7 Å². The van der Waals surface area contributed by atoms with Crippen LogP contribution in [0.3, 0.4) is 0 Å². The number of aryl methyl sites for hydroxylation is 3. The van der Waals surface area contributed by atoms with E-state index >= 15 is 0 Å². The maximum atomic E-state index is 4.51. The van der Waals surface area contributed by atoms with Gasteiger partial charge in [0, 0.05) is 27.7 Å². The molecule has 0 amide bonds. The van der Waals surface area contributed by atoms with Crippen LogP contribution in [-0.4, -0.2) is 14.5 Å². The van der Waals surface area contributed by atoms with Crippen molar-refractivity contribution in [3.05, 3.63) is 45.4 Å². The van der Waals surface area contributed by atoms with Crippen molar-refractivity contribution in [1.29, 1.82) is 0 Å². The standard InChI is InChI=1S/C15H12IN3/c1-19-13-5-3-10(16)6-12(13)11-4-2-9-7-17-8-18-14(9)15(11)19/h3,5-8H,2,4H2,1H3. The Labute approximate surface area is 124 Å². The van der Waals surface area contributed by atoms with Crippen molar-refractivity contribution < 1.29 is 0 Å². The van der Waals surface area contributed by atoms with Gasteiger partial charge in [0.15, 0.2) is 0 Å². The molecule has 94 valence electrons. The van der Waals surface area contributed by atoms with Crippen LogP contribution in [0.1, 0.15) is 11.1 Å². The molecule has 0 N–H and O–H groups in total. The first-order chi connectivity index (χ1) is 9.25. The van der Waals surface area contributed by atoms with E-state index in [1.54, 1.807) is 6.33 Å². The summed E-state index contributed by atoms with van der Waals surface area (Å²) in [4.78, 5) is 8.65. The monoisotopic (exact) mass is 361 g/mol. The first-order valence-electron chi connectivity index (χ1n) is 6.32. The second-order valence-electron chi connectivity index (χ2n) is 4.94. The van der Waals surface area contributed by atoms with Crippen LogP contribution >= 0.6 is 22.6 Å². The molecule has 0 unspecified atom stereocenters. The van der Waals surface area contributed by atoms with Gasteiger partial charge in [-0.05, 0) is 64.8 Å². The van der Waals surface area contributed by atoms with Crippen molar-refractivity contribution in [2.45, 2.75) is 12.8 Å². The summed E-state index contributed by atoms with van der Waals surface area (Å²) >= 11 is 2.38. The van der Waals surface area contributed by atoms with Gasteiger partial charge in [0.25, 0.3) is 0 Å². The lowest BCUT2D eigenvalue weighted by Gasteiger charge is -2.16. The second kappa shape index (κ2) is 4.03. The highest BCUT2D eigenvalue weighted by Gasteiger charge is 2.24. The van der Waals surface area contributed by atoms with Crippen molar-refractivity contribution >= 4 is 33.5 Å². The zero-order chi connectivity index (χ0) is 13.0. The molecule has 4 rings (SSSR count). The highest BCUT2D eigenvalue weighted by molar-refractivity contribution is 14.1. The zero-order valence-corrected chi connectivity index (χ0v) is 12.7. The maximum Gasteiger partial charge on any atom is 0.116 e. The van der Waals surface area contributed by atoms with Gasteiger partial charge in [-0.2, -0.15) is 0 Å². The van der Waals surface area contributed by atoms with Crippen LogP contribution in [0.5, 0.6) is 0 Å². The number of halogens is 1. The van der Waals surface area contributed by atoms with Crippen LogP contribution in [0.25, 0.3) is 22.3 Å². The molecule has 0 fully saturated rings. The highest BCUT2D eigenvalue weighted by Crippen LogP contribution is 2.38. The first kappa shape index (κ1) is 11.4. The molecule has 0 bridgehead atoms. The summed E-state index contributed by atoms with van der Waals surface area (Å²) in [6.07, 6.45) is 5.71. The Balaban J connectivity index is 2.14. The SMILES string of the molecule is Cn1c2c(c3cc(I)ccc31)CCc1cncnc1-2. The minimum absolute atomic E-state index is 1.04. The van der Waals surface area contributed by atoms with Crippen LogP contribution in [0.4, 0.5) is 0 Å². The third kappa shape index (κ3) is 1.55. The zero-order valence-electron chi connectivity index (χ0n) is 10.5. The van der Waals surface area contributed by atoms with E-state index in [-0.39, 0.29) is 0 Å². The van der Waals surface area contributed by atoms with E-state index < -0.39 is 0 Å². The molecule has 0 saturated heterocycles. The molecule has 1 aliphatic rings. The average molecular weight is 361 g/mol. The lowest BCUT2D eigenvalue weighted by molar-refractivity contribution is 0.875. The molecule has 3 nitrogen and oxygen atoms in total. The second-order valence-corrected chi connectivity index (χ2v) is 6.19. The van der Waals surface area contributed by atoms with Gasteiger partial charge in [0.05, 0.1) is 11.4 Å². The molecule has 0 aliphatic heterocycles. The van der Waals surface area contributed by atoms with Crippen molar-refractivity contribution in [2.75, 3.05) is 0 Å². The van der Waals surface area contributed by atoms with E-state index in [0.717, 1.165) is 18.5 Å². The smallest absolute Gasteiger partial charge is 0.116 e. The molecule has 0 radical (unpaired) electrons. The predicted octanol–water partition coefficient (Wildman–Crippen LogP) is 3.34. The lowest BCUT2D eigenvalue weighted by Crippen LogP contribution is -2.07. The number of fused-ring (bicyclic) bond motifs is 5. The Hall–Kier alpha value is -1.43. The van der Waals surface area contributed by atoms with Crippen LogP contribution < -0.4 is 0 Å². The molecule has 1 aromatic carbocycles. The van der Waals surface area contributed by atoms with Gasteiger partial charge >= 0.3 is 0 Å². The Bertz CT molecular complexity index is 805. The summed E-state index contributed by atoms with van der Waals surface area (Å²) < 4.78 is 3.55. The number of benzene rings is 1. The molecule has 0 saturated carbocycles. The fraction of sp³-hybridized carbons (Fsp3) is 0.200. The van der Waals surface area contributed by atoms with E-state index in [2.05, 4.69) is 62.4 Å². The largest absolute Gasteiger partial charge is 0.342 e. The van der Waals surface area contributed by atoms with Gasteiger partial charge in [-0.15, -0.1) is 0 Å². The molecule has 0 spiro atoms. The fourth-order valence-corrected chi connectivity index (χ4v) is 3.55. The van der Waals surface area contributed by atoms with Gasteiger partial charge in [-0.1, -0.05) is 0 Å². The summed E-state index contributed by atoms with van der Waals surface area (Å²) in [5.41, 5.74) is 6.35. The summed E-state index contributed by atoms with van der Waals surface area (Å²) in [6, 6.07) is 6.65. The van der Waals surface area contributed by atoms with Gasteiger partial charge in [0.1, 0.15) is 6.33 Å². The molecule has 4 heteroatoms. The third-order valence-electron chi connectivity index (χ3n) is 3.92. The Morgan fingerprint density at radius 3 is 3.05 bits per heavy atom. The minimum atomic E-state index is 1.04. The van der Waals surface area contributed by atoms with Crippen molar-refractivity contribution in [3.8, 4) is 11.4 Å². The number of aromatic nitrogens is 3. The summed E-state index contributed by atoms with van der Waals surface area (Å²) in [5, 5.41) is 1.37. The maximum absolute atomic E-state index is 4.51. The average Bonchev–Trinajstić information content (AvgIpc) is 2.72. The highest BCUT2D eigenvalue weighted by atomic mass is 127. The van der Waals surface area contributed by atoms with E-state index in [1.807, 2.05) is 6.20 Å². The van der Waals surface area contributed by atoms with Gasteiger partial charge < -0.3 is 4.57 Å². The fourth-order valence-electron chi connectivity index (χ4n) is 3.06. The summed E-state index contributed by atoms with van der Waals surface area (Å²) in [6.45, 7) is 0. The summed E-state index contributed by atoms with van der Waals surface area (Å²) in [5.74, 6) is 0. The first-order valence-corrected chi connectivity index (χ1v) is 7.39. The van der Waals surface area contributed by atoms with Crippen LogP contribution in [-0.2, 0) is 19.9 Å². The number of nitrogens with zero attached hydrogens (tertiary/aromatic N) is 3. The predicted molar refractivity (Wildman–Crippen MR) is 84.1 cm³/mol. The minimum Gasteiger partial charge on any atom is -0.342 e. The van der Waals surface area contributed by atoms with Gasteiger partial charge in [0.2, 0.25) is 0 Å². The molecule has 3 aromatic rings. The van der Waals surface area contributed by atoms with E-state index in [4.69, 9.17) is 0 Å². The van der Waals surface area contributed by atoms with E-state index in [1.165, 1.54) is 31.3 Å². The Morgan fingerprint density at radius 1 is 1.26 bits per heavy atom. The topological polar surface area (TPSA) is 30.7 Å². The van der Waals surface area contributed by atoms with Crippen molar-refractivity contribution in [2.24, 2.45) is 7.05 Å². The van der Waals surface area contributed by atoms with Crippen LogP contribution in [0, 0.1) is 3.57 Å². The summed E-state index contributed by atoms with van der Waals surface area (Å²) in [7, 11) is 2.13. The van der Waals surface area contributed by atoms with Gasteiger partial charge in [-0.3, -0.25) is 0 Å². The number of hydrogen-bond donors (Lipinski definition) is 0. The lowest BCUT2D eigenvalue weighted by atomic mass is 9.93. The molecule has 2 aromatic heterocycles. The quantitative estimate of drug-likeness (QED) is 0.575. The third-order valence-corrected chi connectivity index (χ3v) is 4.59. The van der Waals surface area contributed by atoms with Crippen LogP contribution in [0.2, 0.25) is 0 Å². The van der Waals surface area contributed by atoms with E-state index in [0.29, 0.717) is 0 Å². The van der Waals surface area contributed by atoms with Crippen molar-refractivity contribution in [1.82, 2.24) is 14.5 Å². The molecule has 0 atom stereocenters. The molecular weight excluding hydrogens is 349 g/mol. The Morgan fingerprint density at radius 2 is 2.16 bits per heavy atom. The normalized spacial score (nSPS) is 13.4. The number of hydrogen-bond acceptors (Lipinski definition) is 2. The van der Waals surface area contributed by atoms with Gasteiger partial charge in [-0.25, -0.2) is 9.97 Å². The number of rotatable bonds is 0. The van der Waals surface area contributed by atoms with E-state index in [9.17, 15) is 0 Å².